The lowest BCUT2D eigenvalue weighted by Gasteiger charge is -2.09. The van der Waals surface area contributed by atoms with E-state index in [1.165, 1.54) is 0 Å². The molecule has 0 spiro atoms. The Bertz CT molecular complexity index is 599. The van der Waals surface area contributed by atoms with Crippen molar-refractivity contribution >= 4 is 0 Å². The predicted molar refractivity (Wildman–Crippen MR) is 67.4 cm³/mol. The molecule has 1 heterocycles. The number of aromatic nitrogens is 1. The molecule has 0 saturated heterocycles. The van der Waals surface area contributed by atoms with Crippen LogP contribution < -0.4 is 5.56 Å². The first-order valence-electron chi connectivity index (χ1n) is 5.52. The molecule has 2 aromatic rings. The van der Waals surface area contributed by atoms with Crippen molar-refractivity contribution in [1.82, 2.24) is 4.57 Å². The van der Waals surface area contributed by atoms with Gasteiger partial charge in [0.1, 0.15) is 0 Å². The predicted octanol–water partition coefficient (Wildman–Crippen LogP) is 1.95. The molecule has 1 aromatic heterocycles. The first kappa shape index (κ1) is 11.6. The van der Waals surface area contributed by atoms with Crippen LogP contribution in [0.4, 0.5) is 0 Å². The molecule has 2 rings (SSSR count). The van der Waals surface area contributed by atoms with Crippen LogP contribution >= 0.6 is 0 Å². The summed E-state index contributed by atoms with van der Waals surface area (Å²) in [6, 6.07) is 9.25. The van der Waals surface area contributed by atoms with E-state index in [4.69, 9.17) is 5.11 Å². The van der Waals surface area contributed by atoms with Gasteiger partial charge in [0.25, 0.3) is 5.56 Å². The van der Waals surface area contributed by atoms with Crippen LogP contribution in [-0.4, -0.2) is 9.67 Å². The van der Waals surface area contributed by atoms with E-state index in [0.29, 0.717) is 0 Å². The normalized spacial score (nSPS) is 10.5. The number of aliphatic hydroxyl groups is 1. The van der Waals surface area contributed by atoms with Crippen molar-refractivity contribution in [3.63, 3.8) is 0 Å². The van der Waals surface area contributed by atoms with Gasteiger partial charge >= 0.3 is 0 Å². The molecule has 0 radical (unpaired) electrons. The highest BCUT2D eigenvalue weighted by Crippen LogP contribution is 2.13. The van der Waals surface area contributed by atoms with Gasteiger partial charge in [-0.1, -0.05) is 12.1 Å². The molecule has 0 aliphatic rings. The molecule has 0 atom stereocenters. The number of nitrogens with zero attached hydrogens (tertiary/aromatic N) is 1. The molecule has 0 unspecified atom stereocenters. The minimum absolute atomic E-state index is 0.0105. The van der Waals surface area contributed by atoms with Crippen molar-refractivity contribution in [2.24, 2.45) is 0 Å². The first-order valence-corrected chi connectivity index (χ1v) is 5.52. The molecule has 0 aliphatic heterocycles. The maximum atomic E-state index is 11.9. The average molecular weight is 229 g/mol. The van der Waals surface area contributed by atoms with E-state index in [-0.39, 0.29) is 12.2 Å². The van der Waals surface area contributed by atoms with Gasteiger partial charge in [0.2, 0.25) is 0 Å². The minimum atomic E-state index is -0.0105. The summed E-state index contributed by atoms with van der Waals surface area (Å²) in [5.41, 5.74) is 3.40. The monoisotopic (exact) mass is 229 g/mol. The summed E-state index contributed by atoms with van der Waals surface area (Å²) in [6.45, 7) is 3.75. The minimum Gasteiger partial charge on any atom is -0.392 e. The summed E-state index contributed by atoms with van der Waals surface area (Å²) < 4.78 is 1.61. The number of aryl methyl sites for hydroxylation is 2. The highest BCUT2D eigenvalue weighted by atomic mass is 16.3. The lowest BCUT2D eigenvalue weighted by molar-refractivity contribution is 0.281. The van der Waals surface area contributed by atoms with Crippen molar-refractivity contribution in [3.05, 3.63) is 63.6 Å². The molecular formula is C14H15NO2. The lowest BCUT2D eigenvalue weighted by atomic mass is 10.1. The second-order valence-electron chi connectivity index (χ2n) is 4.14. The van der Waals surface area contributed by atoms with Gasteiger partial charge in [0, 0.05) is 17.4 Å². The maximum absolute atomic E-state index is 11.9. The zero-order chi connectivity index (χ0) is 12.4. The Labute approximate surface area is 100.0 Å². The standard InChI is InChI=1S/C14H15NO2/c1-10-4-3-7-15(14(10)17)13-6-5-12(9-16)11(2)8-13/h3-8,16H,9H2,1-2H3. The average Bonchev–Trinajstić information content (AvgIpc) is 2.32. The van der Waals surface area contributed by atoms with E-state index < -0.39 is 0 Å². The molecule has 3 nitrogen and oxygen atoms in total. The van der Waals surface area contributed by atoms with Crippen LogP contribution in [0.3, 0.4) is 0 Å². The van der Waals surface area contributed by atoms with E-state index in [2.05, 4.69) is 0 Å². The van der Waals surface area contributed by atoms with E-state index >= 15 is 0 Å². The number of hydrogen-bond acceptors (Lipinski definition) is 2. The van der Waals surface area contributed by atoms with Gasteiger partial charge in [-0.25, -0.2) is 0 Å². The number of hydrogen-bond donors (Lipinski definition) is 1. The summed E-state index contributed by atoms with van der Waals surface area (Å²) in [4.78, 5) is 11.9. The fourth-order valence-electron chi connectivity index (χ4n) is 1.81. The van der Waals surface area contributed by atoms with E-state index in [1.807, 2.05) is 31.2 Å². The Balaban J connectivity index is 2.58. The van der Waals surface area contributed by atoms with Crippen molar-refractivity contribution < 1.29 is 5.11 Å². The molecule has 88 valence electrons. The first-order chi connectivity index (χ1) is 8.13. The molecule has 0 saturated carbocycles. The molecule has 3 heteroatoms. The zero-order valence-corrected chi connectivity index (χ0v) is 9.97. The molecule has 1 aromatic carbocycles. The molecule has 0 amide bonds. The smallest absolute Gasteiger partial charge is 0.257 e. The molecular weight excluding hydrogens is 214 g/mol. The summed E-state index contributed by atoms with van der Waals surface area (Å²) in [5, 5.41) is 9.11. The van der Waals surface area contributed by atoms with Crippen molar-refractivity contribution in [1.29, 1.82) is 0 Å². The molecule has 1 N–H and O–H groups in total. The Hall–Kier alpha value is -1.87. The molecule has 0 aliphatic carbocycles. The number of aliphatic hydroxyl groups excluding tert-OH is 1. The Morgan fingerprint density at radius 3 is 2.59 bits per heavy atom. The molecule has 0 bridgehead atoms. The third-order valence-electron chi connectivity index (χ3n) is 2.91. The maximum Gasteiger partial charge on any atom is 0.257 e. The van der Waals surface area contributed by atoms with Crippen LogP contribution in [-0.2, 0) is 6.61 Å². The Morgan fingerprint density at radius 2 is 1.94 bits per heavy atom. The number of pyridine rings is 1. The fraction of sp³-hybridized carbons (Fsp3) is 0.214. The van der Waals surface area contributed by atoms with Gasteiger partial charge in [0.15, 0.2) is 0 Å². The lowest BCUT2D eigenvalue weighted by Crippen LogP contribution is -2.19. The van der Waals surface area contributed by atoms with E-state index in [1.54, 1.807) is 23.8 Å². The van der Waals surface area contributed by atoms with Crippen LogP contribution in [0.1, 0.15) is 16.7 Å². The van der Waals surface area contributed by atoms with Crippen molar-refractivity contribution in [2.75, 3.05) is 0 Å². The van der Waals surface area contributed by atoms with Crippen LogP contribution in [0.5, 0.6) is 0 Å². The van der Waals surface area contributed by atoms with Crippen molar-refractivity contribution in [3.8, 4) is 5.69 Å². The van der Waals surface area contributed by atoms with Gasteiger partial charge in [-0.15, -0.1) is 0 Å². The molecule has 17 heavy (non-hydrogen) atoms. The zero-order valence-electron chi connectivity index (χ0n) is 9.97. The SMILES string of the molecule is Cc1cc(-n2cccc(C)c2=O)ccc1CO. The van der Waals surface area contributed by atoms with Crippen LogP contribution in [0.2, 0.25) is 0 Å². The highest BCUT2D eigenvalue weighted by Gasteiger charge is 2.03. The van der Waals surface area contributed by atoms with Gasteiger partial charge < -0.3 is 5.11 Å². The second kappa shape index (κ2) is 4.55. The number of rotatable bonds is 2. The van der Waals surface area contributed by atoms with Gasteiger partial charge in [-0.05, 0) is 43.2 Å². The van der Waals surface area contributed by atoms with E-state index in [0.717, 1.165) is 22.4 Å². The van der Waals surface area contributed by atoms with Crippen LogP contribution in [0, 0.1) is 13.8 Å². The summed E-state index contributed by atoms with van der Waals surface area (Å²) in [5.74, 6) is 0. The fourth-order valence-corrected chi connectivity index (χ4v) is 1.81. The topological polar surface area (TPSA) is 42.2 Å². The van der Waals surface area contributed by atoms with Crippen molar-refractivity contribution in [2.45, 2.75) is 20.5 Å². The van der Waals surface area contributed by atoms with Crippen LogP contribution in [0.25, 0.3) is 5.69 Å². The summed E-state index contributed by atoms with van der Waals surface area (Å²) >= 11 is 0. The van der Waals surface area contributed by atoms with Gasteiger partial charge in [0.05, 0.1) is 6.61 Å². The largest absolute Gasteiger partial charge is 0.392 e. The van der Waals surface area contributed by atoms with E-state index in [9.17, 15) is 4.79 Å². The Morgan fingerprint density at radius 1 is 1.18 bits per heavy atom. The Kier molecular flexibility index (Phi) is 3.11. The summed E-state index contributed by atoms with van der Waals surface area (Å²) in [6.07, 6.45) is 1.75. The van der Waals surface area contributed by atoms with Gasteiger partial charge in [-0.3, -0.25) is 9.36 Å². The summed E-state index contributed by atoms with van der Waals surface area (Å²) in [7, 11) is 0. The third-order valence-corrected chi connectivity index (χ3v) is 2.91. The molecule has 0 fully saturated rings. The third kappa shape index (κ3) is 2.15. The second-order valence-corrected chi connectivity index (χ2v) is 4.14. The quantitative estimate of drug-likeness (QED) is 0.855. The number of benzene rings is 1. The highest BCUT2D eigenvalue weighted by molar-refractivity contribution is 5.40. The van der Waals surface area contributed by atoms with Gasteiger partial charge in [-0.2, -0.15) is 0 Å². The van der Waals surface area contributed by atoms with Crippen LogP contribution in [0.15, 0.2) is 41.3 Å².